The Balaban J connectivity index is 1.74. The Hall–Kier alpha value is -2.64. The topological polar surface area (TPSA) is 76.2 Å². The molecule has 7 nitrogen and oxygen atoms in total. The van der Waals surface area contributed by atoms with Crippen LogP contribution in [0.15, 0.2) is 24.3 Å². The summed E-state index contributed by atoms with van der Waals surface area (Å²) in [5.74, 6) is -2.47. The van der Waals surface area contributed by atoms with Crippen LogP contribution in [0.4, 0.5) is 14.9 Å². The van der Waals surface area contributed by atoms with Crippen LogP contribution in [0.1, 0.15) is 33.6 Å². The summed E-state index contributed by atoms with van der Waals surface area (Å²) in [5.41, 5.74) is -1.49. The normalized spacial score (nSPS) is 19.9. The van der Waals surface area contributed by atoms with Crippen molar-refractivity contribution in [3.63, 3.8) is 0 Å². The molecule has 0 aromatic heterocycles. The van der Waals surface area contributed by atoms with E-state index in [1.165, 1.54) is 18.2 Å². The summed E-state index contributed by atoms with van der Waals surface area (Å²) >= 11 is 0. The summed E-state index contributed by atoms with van der Waals surface area (Å²) in [7, 11) is 0. The number of carbonyl (C=O) groups excluding carboxylic acids is 3. The Morgan fingerprint density at radius 1 is 1.19 bits per heavy atom. The van der Waals surface area contributed by atoms with Crippen LogP contribution in [0.3, 0.4) is 0 Å². The van der Waals surface area contributed by atoms with Gasteiger partial charge in [-0.3, -0.25) is 9.69 Å². The van der Waals surface area contributed by atoms with Crippen LogP contribution in [0, 0.1) is 5.82 Å². The zero-order valence-corrected chi connectivity index (χ0v) is 15.7. The molecule has 1 aromatic carbocycles. The maximum absolute atomic E-state index is 14.1. The Labute approximate surface area is 157 Å². The number of ether oxygens (including phenoxy) is 2. The monoisotopic (exact) mass is 378 g/mol. The Bertz CT molecular complexity index is 766. The lowest BCUT2D eigenvalue weighted by atomic mass is 9.89. The minimum atomic E-state index is -1.00. The summed E-state index contributed by atoms with van der Waals surface area (Å²) in [6, 6.07) is 5.81. The predicted octanol–water partition coefficient (Wildman–Crippen LogP) is 2.49. The van der Waals surface area contributed by atoms with Crippen LogP contribution in [-0.2, 0) is 19.1 Å². The van der Waals surface area contributed by atoms with Crippen LogP contribution in [0.25, 0.3) is 0 Å². The first-order valence-corrected chi connectivity index (χ1v) is 8.88. The molecule has 2 aliphatic rings. The van der Waals surface area contributed by atoms with E-state index >= 15 is 0 Å². The lowest BCUT2D eigenvalue weighted by Gasteiger charge is -2.45. The second-order valence-electron chi connectivity index (χ2n) is 7.88. The number of anilines is 1. The molecule has 2 heterocycles. The van der Waals surface area contributed by atoms with Gasteiger partial charge in [0.25, 0.3) is 0 Å². The summed E-state index contributed by atoms with van der Waals surface area (Å²) in [4.78, 5) is 39.3. The van der Waals surface area contributed by atoms with E-state index in [1.807, 2.05) is 0 Å². The number of likely N-dealkylation sites (tertiary alicyclic amines) is 1. The summed E-state index contributed by atoms with van der Waals surface area (Å²) in [6.45, 7) is 6.06. The average molecular weight is 378 g/mol. The molecule has 3 rings (SSSR count). The molecular weight excluding hydrogens is 355 g/mol. The Kier molecular flexibility index (Phi) is 4.84. The van der Waals surface area contributed by atoms with E-state index in [1.54, 1.807) is 31.7 Å². The highest BCUT2D eigenvalue weighted by Crippen LogP contribution is 2.34. The first-order valence-electron chi connectivity index (χ1n) is 8.88. The van der Waals surface area contributed by atoms with Crippen molar-refractivity contribution in [2.45, 2.75) is 44.8 Å². The number of carbonyl (C=O) groups is 3. The van der Waals surface area contributed by atoms with Gasteiger partial charge in [0.05, 0.1) is 12.2 Å². The smallest absolute Gasteiger partial charge is 0.410 e. The van der Waals surface area contributed by atoms with Gasteiger partial charge in [0.15, 0.2) is 0 Å². The molecular formula is C19H23FN2O5. The molecule has 27 heavy (non-hydrogen) atoms. The van der Waals surface area contributed by atoms with Crippen LogP contribution in [-0.4, -0.2) is 53.7 Å². The predicted molar refractivity (Wildman–Crippen MR) is 94.6 cm³/mol. The standard InChI is InChI=1S/C19H23FN2O5/c1-18(2,3)27-17(25)21-10-8-19(9-11-21)12-22(15(23)16(24)26-19)14-7-5-4-6-13(14)20/h4-7H,8-12H2,1-3H3. The molecule has 146 valence electrons. The number of rotatable bonds is 1. The van der Waals surface area contributed by atoms with E-state index in [4.69, 9.17) is 9.47 Å². The van der Waals surface area contributed by atoms with Gasteiger partial charge in [-0.05, 0) is 32.9 Å². The molecule has 0 aliphatic carbocycles. The lowest BCUT2D eigenvalue weighted by Crippen LogP contribution is -2.61. The fourth-order valence-corrected chi connectivity index (χ4v) is 3.29. The zero-order valence-electron chi connectivity index (χ0n) is 15.7. The fraction of sp³-hybridized carbons (Fsp3) is 0.526. The van der Waals surface area contributed by atoms with Crippen molar-refractivity contribution in [3.8, 4) is 0 Å². The molecule has 0 saturated carbocycles. The largest absolute Gasteiger partial charge is 0.450 e. The average Bonchev–Trinajstić information content (AvgIpc) is 2.58. The van der Waals surface area contributed by atoms with Gasteiger partial charge in [0.1, 0.15) is 17.0 Å². The summed E-state index contributed by atoms with van der Waals surface area (Å²) in [6.07, 6.45) is 0.258. The number of esters is 1. The van der Waals surface area contributed by atoms with Crippen molar-refractivity contribution in [2.24, 2.45) is 0 Å². The molecule has 1 spiro atoms. The van der Waals surface area contributed by atoms with Gasteiger partial charge in [-0.1, -0.05) is 12.1 Å². The number of para-hydroxylation sites is 1. The number of nitrogens with zero attached hydrogens (tertiary/aromatic N) is 2. The van der Waals surface area contributed by atoms with Gasteiger partial charge >= 0.3 is 18.0 Å². The van der Waals surface area contributed by atoms with Crippen molar-refractivity contribution in [3.05, 3.63) is 30.1 Å². The third kappa shape index (κ3) is 4.04. The van der Waals surface area contributed by atoms with Crippen LogP contribution in [0.5, 0.6) is 0 Å². The van der Waals surface area contributed by atoms with Crippen LogP contribution < -0.4 is 4.90 Å². The second-order valence-corrected chi connectivity index (χ2v) is 7.88. The molecule has 2 amide bonds. The second kappa shape index (κ2) is 6.83. The van der Waals surface area contributed by atoms with E-state index < -0.39 is 35.0 Å². The van der Waals surface area contributed by atoms with Gasteiger partial charge in [-0.2, -0.15) is 0 Å². The highest BCUT2D eigenvalue weighted by Gasteiger charge is 2.48. The molecule has 8 heteroatoms. The number of halogens is 1. The number of morpholine rings is 1. The molecule has 2 aliphatic heterocycles. The zero-order chi connectivity index (χ0) is 19.8. The lowest BCUT2D eigenvalue weighted by molar-refractivity contribution is -0.174. The molecule has 2 fully saturated rings. The minimum absolute atomic E-state index is 0.0492. The SMILES string of the molecule is CC(C)(C)OC(=O)N1CCC2(CC1)CN(c1ccccc1F)C(=O)C(=O)O2. The molecule has 2 saturated heterocycles. The van der Waals surface area contributed by atoms with Gasteiger partial charge in [-0.25, -0.2) is 14.0 Å². The first-order chi connectivity index (χ1) is 12.6. The van der Waals surface area contributed by atoms with Crippen LogP contribution >= 0.6 is 0 Å². The molecule has 1 aromatic rings. The van der Waals surface area contributed by atoms with E-state index in [9.17, 15) is 18.8 Å². The number of piperidine rings is 1. The summed E-state index contributed by atoms with van der Waals surface area (Å²) in [5, 5.41) is 0. The quantitative estimate of drug-likeness (QED) is 0.554. The minimum Gasteiger partial charge on any atom is -0.450 e. The maximum Gasteiger partial charge on any atom is 0.410 e. The number of hydrogen-bond donors (Lipinski definition) is 0. The van der Waals surface area contributed by atoms with Crippen molar-refractivity contribution >= 4 is 23.7 Å². The van der Waals surface area contributed by atoms with Crippen molar-refractivity contribution in [1.82, 2.24) is 4.90 Å². The van der Waals surface area contributed by atoms with Crippen LogP contribution in [0.2, 0.25) is 0 Å². The van der Waals surface area contributed by atoms with Crippen molar-refractivity contribution < 1.29 is 28.2 Å². The third-order valence-corrected chi connectivity index (χ3v) is 4.64. The molecule has 0 bridgehead atoms. The first kappa shape index (κ1) is 19.1. The van der Waals surface area contributed by atoms with Gasteiger partial charge in [0.2, 0.25) is 0 Å². The maximum atomic E-state index is 14.1. The number of amides is 2. The van der Waals surface area contributed by atoms with Gasteiger partial charge in [-0.15, -0.1) is 0 Å². The van der Waals surface area contributed by atoms with Crippen molar-refractivity contribution in [2.75, 3.05) is 24.5 Å². The number of hydrogen-bond acceptors (Lipinski definition) is 5. The Morgan fingerprint density at radius 2 is 1.81 bits per heavy atom. The van der Waals surface area contributed by atoms with E-state index in [0.29, 0.717) is 25.9 Å². The van der Waals surface area contributed by atoms with E-state index in [0.717, 1.165) is 4.90 Å². The third-order valence-electron chi connectivity index (χ3n) is 4.64. The van der Waals surface area contributed by atoms with Gasteiger partial charge in [0, 0.05) is 25.9 Å². The van der Waals surface area contributed by atoms with Crippen molar-refractivity contribution in [1.29, 1.82) is 0 Å². The highest BCUT2D eigenvalue weighted by atomic mass is 19.1. The molecule has 0 N–H and O–H groups in total. The molecule has 0 atom stereocenters. The Morgan fingerprint density at radius 3 is 2.41 bits per heavy atom. The number of benzene rings is 1. The van der Waals surface area contributed by atoms with E-state index in [2.05, 4.69) is 0 Å². The molecule has 0 radical (unpaired) electrons. The summed E-state index contributed by atoms with van der Waals surface area (Å²) < 4.78 is 24.9. The van der Waals surface area contributed by atoms with Gasteiger partial charge < -0.3 is 14.4 Å². The molecule has 0 unspecified atom stereocenters. The van der Waals surface area contributed by atoms with E-state index in [-0.39, 0.29) is 12.2 Å². The highest BCUT2D eigenvalue weighted by molar-refractivity contribution is 6.38. The fourth-order valence-electron chi connectivity index (χ4n) is 3.29.